The summed E-state index contributed by atoms with van der Waals surface area (Å²) in [6.45, 7) is 5.94. The second kappa shape index (κ2) is 7.93. The van der Waals surface area contributed by atoms with E-state index in [9.17, 15) is 4.39 Å². The molecule has 1 atom stereocenters. The summed E-state index contributed by atoms with van der Waals surface area (Å²) in [7, 11) is 2.06. The zero-order valence-electron chi connectivity index (χ0n) is 11.9. The predicted molar refractivity (Wildman–Crippen MR) is 76.2 cm³/mol. The largest absolute Gasteiger partial charge is 0.384 e. The van der Waals surface area contributed by atoms with Crippen molar-refractivity contribution in [3.63, 3.8) is 0 Å². The van der Waals surface area contributed by atoms with Crippen LogP contribution in [0.2, 0.25) is 0 Å². The van der Waals surface area contributed by atoms with Gasteiger partial charge in [-0.3, -0.25) is 0 Å². The molecule has 1 aromatic rings. The third kappa shape index (κ3) is 5.42. The highest BCUT2D eigenvalue weighted by atomic mass is 19.1. The van der Waals surface area contributed by atoms with Crippen molar-refractivity contribution in [1.82, 2.24) is 4.90 Å². The van der Waals surface area contributed by atoms with Gasteiger partial charge in [0.1, 0.15) is 12.4 Å². The number of benzene rings is 1. The summed E-state index contributed by atoms with van der Waals surface area (Å²) in [6.07, 6.45) is 1.15. The molecule has 0 aliphatic heterocycles. The molecular weight excluding hydrogens is 241 g/mol. The second-order valence-electron chi connectivity index (χ2n) is 4.98. The first kappa shape index (κ1) is 15.7. The van der Waals surface area contributed by atoms with Crippen LogP contribution in [0.1, 0.15) is 31.4 Å². The van der Waals surface area contributed by atoms with Crippen molar-refractivity contribution in [2.75, 3.05) is 20.2 Å². The van der Waals surface area contributed by atoms with Crippen LogP contribution in [-0.2, 0) is 6.54 Å². The van der Waals surface area contributed by atoms with Crippen LogP contribution in [0, 0.1) is 23.6 Å². The molecule has 0 aliphatic rings. The number of rotatable bonds is 5. The van der Waals surface area contributed by atoms with Gasteiger partial charge in [-0.05, 0) is 30.7 Å². The van der Waals surface area contributed by atoms with Crippen molar-refractivity contribution in [3.05, 3.63) is 35.1 Å². The molecule has 0 spiro atoms. The average Bonchev–Trinajstić information content (AvgIpc) is 2.39. The molecule has 1 unspecified atom stereocenters. The highest BCUT2D eigenvalue weighted by Gasteiger charge is 2.07. The summed E-state index contributed by atoms with van der Waals surface area (Å²) < 4.78 is 13.5. The molecule has 0 saturated carbocycles. The van der Waals surface area contributed by atoms with E-state index in [1.165, 1.54) is 6.07 Å². The quantitative estimate of drug-likeness (QED) is 0.826. The molecule has 0 aromatic heterocycles. The first-order valence-corrected chi connectivity index (χ1v) is 6.63. The number of aliphatic hydroxyl groups is 1. The van der Waals surface area contributed by atoms with Crippen LogP contribution in [0.5, 0.6) is 0 Å². The van der Waals surface area contributed by atoms with E-state index in [1.54, 1.807) is 12.1 Å². The number of hydrogen-bond donors (Lipinski definition) is 1. The minimum atomic E-state index is -0.339. The standard InChI is InChI=1S/C16H22FNO/c1-4-13(2)11-18(3)12-14-7-8-16(17)15(10-14)6-5-9-19/h7-8,10,13,19H,4,9,11-12H2,1-3H3. The van der Waals surface area contributed by atoms with E-state index in [-0.39, 0.29) is 12.4 Å². The maximum absolute atomic E-state index is 13.5. The van der Waals surface area contributed by atoms with Gasteiger partial charge in [-0.1, -0.05) is 38.2 Å². The minimum Gasteiger partial charge on any atom is -0.384 e. The Labute approximate surface area is 115 Å². The van der Waals surface area contributed by atoms with Gasteiger partial charge < -0.3 is 10.0 Å². The minimum absolute atomic E-state index is 0.252. The molecule has 1 N–H and O–H groups in total. The molecule has 19 heavy (non-hydrogen) atoms. The monoisotopic (exact) mass is 263 g/mol. The summed E-state index contributed by atoms with van der Waals surface area (Å²) >= 11 is 0. The fourth-order valence-electron chi connectivity index (χ4n) is 1.94. The molecule has 0 amide bonds. The van der Waals surface area contributed by atoms with Gasteiger partial charge in [0.05, 0.1) is 5.56 Å². The van der Waals surface area contributed by atoms with Gasteiger partial charge in [-0.2, -0.15) is 0 Å². The zero-order chi connectivity index (χ0) is 14.3. The first-order chi connectivity index (χ1) is 9.06. The van der Waals surface area contributed by atoms with Gasteiger partial charge in [-0.25, -0.2) is 4.39 Å². The van der Waals surface area contributed by atoms with Gasteiger partial charge >= 0.3 is 0 Å². The van der Waals surface area contributed by atoms with Crippen LogP contribution < -0.4 is 0 Å². The van der Waals surface area contributed by atoms with Crippen LogP contribution in [0.25, 0.3) is 0 Å². The molecule has 0 heterocycles. The van der Waals surface area contributed by atoms with Crippen LogP contribution in [0.3, 0.4) is 0 Å². The van der Waals surface area contributed by atoms with E-state index < -0.39 is 0 Å². The molecule has 104 valence electrons. The van der Waals surface area contributed by atoms with Crippen molar-refractivity contribution in [3.8, 4) is 11.8 Å². The Bertz CT molecular complexity index is 462. The van der Waals surface area contributed by atoms with Gasteiger partial charge in [0.25, 0.3) is 0 Å². The second-order valence-corrected chi connectivity index (χ2v) is 4.98. The highest BCUT2D eigenvalue weighted by molar-refractivity contribution is 5.38. The summed E-state index contributed by atoms with van der Waals surface area (Å²) in [6, 6.07) is 4.98. The third-order valence-electron chi connectivity index (χ3n) is 3.11. The molecule has 0 radical (unpaired) electrons. The zero-order valence-corrected chi connectivity index (χ0v) is 11.9. The van der Waals surface area contributed by atoms with E-state index in [1.807, 2.05) is 0 Å². The van der Waals surface area contributed by atoms with Gasteiger partial charge in [-0.15, -0.1) is 0 Å². The number of nitrogens with zero attached hydrogens (tertiary/aromatic N) is 1. The van der Waals surface area contributed by atoms with Gasteiger partial charge in [0.15, 0.2) is 0 Å². The number of aliphatic hydroxyl groups excluding tert-OH is 1. The lowest BCUT2D eigenvalue weighted by atomic mass is 10.1. The summed E-state index contributed by atoms with van der Waals surface area (Å²) in [5, 5.41) is 8.66. The van der Waals surface area contributed by atoms with Crippen LogP contribution in [0.15, 0.2) is 18.2 Å². The summed E-state index contributed by atoms with van der Waals surface area (Å²) in [5.41, 5.74) is 1.39. The number of halogens is 1. The van der Waals surface area contributed by atoms with Crippen molar-refractivity contribution < 1.29 is 9.50 Å². The fraction of sp³-hybridized carbons (Fsp3) is 0.500. The Morgan fingerprint density at radius 3 is 2.79 bits per heavy atom. The molecule has 0 aliphatic carbocycles. The molecular formula is C16H22FNO. The lowest BCUT2D eigenvalue weighted by Crippen LogP contribution is -2.23. The van der Waals surface area contributed by atoms with Crippen LogP contribution in [0.4, 0.5) is 4.39 Å². The van der Waals surface area contributed by atoms with Gasteiger partial charge in [0.2, 0.25) is 0 Å². The van der Waals surface area contributed by atoms with Crippen LogP contribution >= 0.6 is 0 Å². The Morgan fingerprint density at radius 2 is 2.16 bits per heavy atom. The molecule has 1 aromatic carbocycles. The van der Waals surface area contributed by atoms with E-state index in [0.29, 0.717) is 11.5 Å². The van der Waals surface area contributed by atoms with Gasteiger partial charge in [0, 0.05) is 13.1 Å². The predicted octanol–water partition coefficient (Wildman–Crippen LogP) is 2.65. The maximum atomic E-state index is 13.5. The Kier molecular flexibility index (Phi) is 6.55. The first-order valence-electron chi connectivity index (χ1n) is 6.63. The Morgan fingerprint density at radius 1 is 1.42 bits per heavy atom. The summed E-state index contributed by atoms with van der Waals surface area (Å²) in [4.78, 5) is 2.23. The van der Waals surface area contributed by atoms with Crippen molar-refractivity contribution >= 4 is 0 Å². The smallest absolute Gasteiger partial charge is 0.138 e. The van der Waals surface area contributed by atoms with E-state index in [2.05, 4.69) is 37.6 Å². The van der Waals surface area contributed by atoms with Crippen molar-refractivity contribution in [2.24, 2.45) is 5.92 Å². The third-order valence-corrected chi connectivity index (χ3v) is 3.11. The molecule has 3 heteroatoms. The highest BCUT2D eigenvalue weighted by Crippen LogP contribution is 2.12. The lowest BCUT2D eigenvalue weighted by Gasteiger charge is -2.20. The normalized spacial score (nSPS) is 12.1. The van der Waals surface area contributed by atoms with Crippen molar-refractivity contribution in [1.29, 1.82) is 0 Å². The molecule has 0 fully saturated rings. The Balaban J connectivity index is 2.74. The lowest BCUT2D eigenvalue weighted by molar-refractivity contribution is 0.275. The molecule has 0 saturated heterocycles. The van der Waals surface area contributed by atoms with E-state index in [4.69, 9.17) is 5.11 Å². The topological polar surface area (TPSA) is 23.5 Å². The van der Waals surface area contributed by atoms with Crippen LogP contribution in [-0.4, -0.2) is 30.2 Å². The van der Waals surface area contributed by atoms with Crippen molar-refractivity contribution in [2.45, 2.75) is 26.8 Å². The van der Waals surface area contributed by atoms with E-state index in [0.717, 1.165) is 25.1 Å². The van der Waals surface area contributed by atoms with E-state index >= 15 is 0 Å². The average molecular weight is 263 g/mol. The molecule has 1 rings (SSSR count). The molecule has 0 bridgehead atoms. The maximum Gasteiger partial charge on any atom is 0.138 e. The Hall–Kier alpha value is -1.37. The molecule has 2 nitrogen and oxygen atoms in total. The SMILES string of the molecule is CCC(C)CN(C)Cc1ccc(F)c(C#CCO)c1. The summed E-state index contributed by atoms with van der Waals surface area (Å²) in [5.74, 6) is 5.43. The number of hydrogen-bond acceptors (Lipinski definition) is 2. The fourth-order valence-corrected chi connectivity index (χ4v) is 1.94.